The first-order chi connectivity index (χ1) is 12.8. The van der Waals surface area contributed by atoms with Gasteiger partial charge in [0.15, 0.2) is 0 Å². The van der Waals surface area contributed by atoms with Crippen LogP contribution in [0.3, 0.4) is 0 Å². The molecule has 4 N–H and O–H groups in total. The first-order valence-electron chi connectivity index (χ1n) is 7.81. The van der Waals surface area contributed by atoms with E-state index < -0.39 is 23.1 Å². The highest BCUT2D eigenvalue weighted by molar-refractivity contribution is 8.01. The van der Waals surface area contributed by atoms with E-state index in [0.717, 1.165) is 11.8 Å². The second-order valence-corrected chi connectivity index (χ2v) is 6.99. The van der Waals surface area contributed by atoms with Crippen LogP contribution in [0.1, 0.15) is 27.1 Å². The molecule has 27 heavy (non-hydrogen) atoms. The predicted octanol–water partition coefficient (Wildman–Crippen LogP) is 2.52. The molecule has 2 amide bonds. The molecule has 1 aliphatic heterocycles. The third-order valence-electron chi connectivity index (χ3n) is 3.83. The van der Waals surface area contributed by atoms with E-state index in [1.807, 2.05) is 0 Å². The van der Waals surface area contributed by atoms with Crippen LogP contribution in [0.2, 0.25) is 0 Å². The molecule has 1 aliphatic rings. The van der Waals surface area contributed by atoms with Crippen LogP contribution in [0.4, 0.5) is 11.4 Å². The lowest BCUT2D eigenvalue weighted by atomic mass is 10.2. The maximum atomic E-state index is 12.2. The number of hydrogen-bond donors (Lipinski definition) is 4. The number of rotatable bonds is 5. The van der Waals surface area contributed by atoms with E-state index in [1.54, 1.807) is 0 Å². The van der Waals surface area contributed by atoms with Crippen molar-refractivity contribution in [3.8, 4) is 0 Å². The minimum Gasteiger partial charge on any atom is -0.478 e. The summed E-state index contributed by atoms with van der Waals surface area (Å²) >= 11 is 1.13. The van der Waals surface area contributed by atoms with E-state index in [2.05, 4.69) is 10.6 Å². The lowest BCUT2D eigenvalue weighted by Crippen LogP contribution is -2.32. The Kier molecular flexibility index (Phi) is 5.13. The fourth-order valence-electron chi connectivity index (χ4n) is 2.49. The molecular formula is C18H14N2O6S. The second-order valence-electron chi connectivity index (χ2n) is 5.75. The van der Waals surface area contributed by atoms with Gasteiger partial charge in [-0.2, -0.15) is 0 Å². The van der Waals surface area contributed by atoms with Crippen LogP contribution in [0, 0.1) is 0 Å². The normalized spacial score (nSPS) is 15.4. The van der Waals surface area contributed by atoms with Gasteiger partial charge in [-0.3, -0.25) is 9.59 Å². The van der Waals surface area contributed by atoms with Gasteiger partial charge < -0.3 is 20.8 Å². The van der Waals surface area contributed by atoms with Crippen molar-refractivity contribution in [1.82, 2.24) is 0 Å². The fourth-order valence-corrected chi connectivity index (χ4v) is 3.64. The van der Waals surface area contributed by atoms with Gasteiger partial charge in [0.1, 0.15) is 0 Å². The van der Waals surface area contributed by atoms with E-state index >= 15 is 0 Å². The van der Waals surface area contributed by atoms with Crippen LogP contribution in [0.15, 0.2) is 47.4 Å². The Morgan fingerprint density at radius 2 is 1.63 bits per heavy atom. The molecule has 3 rings (SSSR count). The van der Waals surface area contributed by atoms with Crippen LogP contribution < -0.4 is 10.6 Å². The molecule has 0 spiro atoms. The summed E-state index contributed by atoms with van der Waals surface area (Å²) in [6, 6.07) is 10.0. The van der Waals surface area contributed by atoms with E-state index in [1.165, 1.54) is 42.5 Å². The summed E-state index contributed by atoms with van der Waals surface area (Å²) in [5.41, 5.74) is 1.12. The summed E-state index contributed by atoms with van der Waals surface area (Å²) in [6.07, 6.45) is -0.117. The SMILES string of the molecule is O=C(CC1Sc2cc(C(=O)O)ccc2NC1=O)Nc1ccc(C(=O)O)cc1. The summed E-state index contributed by atoms with van der Waals surface area (Å²) in [4.78, 5) is 46.9. The number of carboxylic acid groups (broad SMARTS) is 2. The second kappa shape index (κ2) is 7.50. The summed E-state index contributed by atoms with van der Waals surface area (Å²) in [7, 11) is 0. The molecule has 1 heterocycles. The van der Waals surface area contributed by atoms with Crippen molar-refractivity contribution in [2.75, 3.05) is 10.6 Å². The Morgan fingerprint density at radius 1 is 1.00 bits per heavy atom. The molecule has 2 aromatic rings. The minimum absolute atomic E-state index is 0.0964. The lowest BCUT2D eigenvalue weighted by molar-refractivity contribution is -0.120. The molecule has 0 fully saturated rings. The molecule has 0 saturated carbocycles. The zero-order valence-electron chi connectivity index (χ0n) is 13.8. The molecule has 138 valence electrons. The number of benzene rings is 2. The van der Waals surface area contributed by atoms with Gasteiger partial charge in [0.2, 0.25) is 11.8 Å². The van der Waals surface area contributed by atoms with E-state index in [0.29, 0.717) is 16.3 Å². The lowest BCUT2D eigenvalue weighted by Gasteiger charge is -2.24. The average Bonchev–Trinajstić information content (AvgIpc) is 2.62. The molecular weight excluding hydrogens is 372 g/mol. The van der Waals surface area contributed by atoms with Gasteiger partial charge in [0.05, 0.1) is 22.1 Å². The average molecular weight is 386 g/mol. The van der Waals surface area contributed by atoms with Crippen LogP contribution in [0.5, 0.6) is 0 Å². The Hall–Kier alpha value is -3.33. The molecule has 0 bridgehead atoms. The Balaban J connectivity index is 1.67. The Bertz CT molecular complexity index is 941. The highest BCUT2D eigenvalue weighted by atomic mass is 32.2. The first kappa shape index (κ1) is 18.5. The number of hydrogen-bond acceptors (Lipinski definition) is 5. The standard InChI is InChI=1S/C18H14N2O6S/c21-15(19-11-4-1-9(2-5-11)17(23)24)8-14-16(22)20-12-6-3-10(18(25)26)7-13(12)27-14/h1-7,14H,8H2,(H,19,21)(H,20,22)(H,23,24)(H,25,26). The molecule has 1 atom stereocenters. The van der Waals surface area contributed by atoms with Gasteiger partial charge in [-0.05, 0) is 42.5 Å². The maximum absolute atomic E-state index is 12.2. The van der Waals surface area contributed by atoms with Gasteiger partial charge >= 0.3 is 11.9 Å². The van der Waals surface area contributed by atoms with Crippen molar-refractivity contribution in [2.24, 2.45) is 0 Å². The molecule has 0 saturated heterocycles. The highest BCUT2D eigenvalue weighted by Gasteiger charge is 2.29. The van der Waals surface area contributed by atoms with Crippen molar-refractivity contribution in [3.05, 3.63) is 53.6 Å². The van der Waals surface area contributed by atoms with Crippen molar-refractivity contribution in [3.63, 3.8) is 0 Å². The Labute approximate surface area is 157 Å². The van der Waals surface area contributed by atoms with E-state index in [-0.39, 0.29) is 23.5 Å². The monoisotopic (exact) mass is 386 g/mol. The number of carbonyl (C=O) groups is 4. The number of anilines is 2. The number of carboxylic acids is 2. The fraction of sp³-hybridized carbons (Fsp3) is 0.111. The number of carbonyl (C=O) groups excluding carboxylic acids is 2. The number of nitrogens with one attached hydrogen (secondary N) is 2. The largest absolute Gasteiger partial charge is 0.478 e. The maximum Gasteiger partial charge on any atom is 0.335 e. The topological polar surface area (TPSA) is 133 Å². The predicted molar refractivity (Wildman–Crippen MR) is 98.3 cm³/mol. The zero-order chi connectivity index (χ0) is 19.6. The van der Waals surface area contributed by atoms with Crippen LogP contribution in [0.25, 0.3) is 0 Å². The number of aromatic carboxylic acids is 2. The van der Waals surface area contributed by atoms with Crippen molar-refractivity contribution in [2.45, 2.75) is 16.6 Å². The third kappa shape index (κ3) is 4.26. The number of amides is 2. The first-order valence-corrected chi connectivity index (χ1v) is 8.69. The molecule has 1 unspecified atom stereocenters. The zero-order valence-corrected chi connectivity index (χ0v) is 14.6. The van der Waals surface area contributed by atoms with Gasteiger partial charge in [-0.15, -0.1) is 11.8 Å². The molecule has 0 aromatic heterocycles. The molecule has 0 aliphatic carbocycles. The molecule has 2 aromatic carbocycles. The minimum atomic E-state index is -1.07. The van der Waals surface area contributed by atoms with Crippen LogP contribution >= 0.6 is 11.8 Å². The summed E-state index contributed by atoms with van der Waals surface area (Å²) < 4.78 is 0. The van der Waals surface area contributed by atoms with Gasteiger partial charge in [0.25, 0.3) is 0 Å². The number of fused-ring (bicyclic) bond motifs is 1. The van der Waals surface area contributed by atoms with Gasteiger partial charge in [0, 0.05) is 17.0 Å². The quantitative estimate of drug-likeness (QED) is 0.620. The molecule has 0 radical (unpaired) electrons. The van der Waals surface area contributed by atoms with Crippen molar-refractivity contribution < 1.29 is 29.4 Å². The smallest absolute Gasteiger partial charge is 0.335 e. The molecule has 9 heteroatoms. The van der Waals surface area contributed by atoms with Crippen LogP contribution in [-0.2, 0) is 9.59 Å². The highest BCUT2D eigenvalue weighted by Crippen LogP contribution is 2.37. The van der Waals surface area contributed by atoms with Gasteiger partial charge in [-0.1, -0.05) is 0 Å². The summed E-state index contributed by atoms with van der Waals surface area (Å²) in [6.45, 7) is 0. The van der Waals surface area contributed by atoms with Crippen molar-refractivity contribution in [1.29, 1.82) is 0 Å². The summed E-state index contributed by atoms with van der Waals surface area (Å²) in [5.74, 6) is -2.90. The number of thioether (sulfide) groups is 1. The van der Waals surface area contributed by atoms with E-state index in [4.69, 9.17) is 10.2 Å². The Morgan fingerprint density at radius 3 is 2.26 bits per heavy atom. The summed E-state index contributed by atoms with van der Waals surface area (Å²) in [5, 5.41) is 22.5. The third-order valence-corrected chi connectivity index (χ3v) is 5.09. The van der Waals surface area contributed by atoms with Gasteiger partial charge in [-0.25, -0.2) is 9.59 Å². The van der Waals surface area contributed by atoms with E-state index in [9.17, 15) is 19.2 Å². The van der Waals surface area contributed by atoms with Crippen molar-refractivity contribution >= 4 is 46.9 Å². The molecule has 8 nitrogen and oxygen atoms in total. The van der Waals surface area contributed by atoms with Crippen LogP contribution in [-0.4, -0.2) is 39.2 Å².